The van der Waals surface area contributed by atoms with E-state index in [1.54, 1.807) is 24.4 Å². The van der Waals surface area contributed by atoms with Crippen LogP contribution in [-0.2, 0) is 22.4 Å². The minimum absolute atomic E-state index is 0.0958. The van der Waals surface area contributed by atoms with Crippen LogP contribution in [0.15, 0.2) is 36.5 Å². The number of carbonyl (C=O) groups is 2. The minimum atomic E-state index is -1.28. The summed E-state index contributed by atoms with van der Waals surface area (Å²) < 4.78 is 40.5. The van der Waals surface area contributed by atoms with Crippen LogP contribution in [0.4, 0.5) is 13.2 Å². The molecule has 2 heterocycles. The molecule has 1 fully saturated rings. The molecule has 1 saturated heterocycles. The lowest BCUT2D eigenvalue weighted by molar-refractivity contribution is -0.139. The van der Waals surface area contributed by atoms with Gasteiger partial charge >= 0.3 is 0 Å². The first-order valence-corrected chi connectivity index (χ1v) is 10.1. The molecular formula is C22H25F3N4O2. The lowest BCUT2D eigenvalue weighted by Crippen LogP contribution is -2.50. The van der Waals surface area contributed by atoms with Gasteiger partial charge in [-0.2, -0.15) is 0 Å². The molecule has 3 atom stereocenters. The first kappa shape index (κ1) is 22.7. The molecule has 0 bridgehead atoms. The molecule has 2 amide bonds. The number of hydrogen-bond acceptors (Lipinski definition) is 4. The quantitative estimate of drug-likeness (QED) is 0.682. The summed E-state index contributed by atoms with van der Waals surface area (Å²) in [5, 5.41) is 2.89. The number of nitrogens with two attached hydrogens (primary N) is 1. The zero-order valence-electron chi connectivity index (χ0n) is 17.2. The Labute approximate surface area is 178 Å². The Kier molecular flexibility index (Phi) is 7.27. The van der Waals surface area contributed by atoms with Gasteiger partial charge in [0, 0.05) is 49.4 Å². The van der Waals surface area contributed by atoms with Crippen molar-refractivity contribution < 1.29 is 22.8 Å². The number of benzene rings is 1. The monoisotopic (exact) mass is 434 g/mol. The van der Waals surface area contributed by atoms with Crippen LogP contribution in [0, 0.1) is 17.5 Å². The molecule has 3 rings (SSSR count). The maximum absolute atomic E-state index is 13.9. The third kappa shape index (κ3) is 5.81. The highest BCUT2D eigenvalue weighted by molar-refractivity contribution is 5.88. The number of nitrogens with one attached hydrogen (secondary N) is 1. The minimum Gasteiger partial charge on any atom is -0.352 e. The van der Waals surface area contributed by atoms with Crippen LogP contribution in [0.1, 0.15) is 31.0 Å². The van der Waals surface area contributed by atoms with Gasteiger partial charge < -0.3 is 16.0 Å². The van der Waals surface area contributed by atoms with Crippen LogP contribution in [0.3, 0.4) is 0 Å². The van der Waals surface area contributed by atoms with Crippen LogP contribution in [0.5, 0.6) is 0 Å². The largest absolute Gasteiger partial charge is 0.352 e. The van der Waals surface area contributed by atoms with Crippen molar-refractivity contribution in [1.82, 2.24) is 15.2 Å². The maximum Gasteiger partial charge on any atom is 0.243 e. The third-order valence-corrected chi connectivity index (χ3v) is 5.33. The van der Waals surface area contributed by atoms with Gasteiger partial charge in [0.25, 0.3) is 0 Å². The van der Waals surface area contributed by atoms with Crippen molar-refractivity contribution in [2.45, 2.75) is 50.7 Å². The molecule has 1 aliphatic rings. The Balaban J connectivity index is 1.73. The molecule has 9 heteroatoms. The predicted octanol–water partition coefficient (Wildman–Crippen LogP) is 2.11. The molecule has 2 aromatic rings. The Hall–Kier alpha value is -2.94. The SMILES string of the molecule is C[C@@H]1CCN(C(=O)CC(N)Cc2cc(F)c(F)cc2F)C(Cc2ccccn2)C(=O)N1. The van der Waals surface area contributed by atoms with E-state index in [0.29, 0.717) is 24.7 Å². The number of rotatable bonds is 6. The average molecular weight is 434 g/mol. The molecular weight excluding hydrogens is 409 g/mol. The highest BCUT2D eigenvalue weighted by Crippen LogP contribution is 2.18. The standard InChI is InChI=1S/C22H25F3N4O2/c1-13-5-7-29(20(22(31)28-13)11-16-4-2-3-6-27-16)21(30)10-15(26)8-14-9-18(24)19(25)12-17(14)23/h2-4,6,9,12-13,15,20H,5,7-8,10-11,26H2,1H3,(H,28,31)/t13-,15?,20?/m1/s1. The number of aromatic nitrogens is 1. The molecule has 0 saturated carbocycles. The fourth-order valence-corrected chi connectivity index (χ4v) is 3.68. The summed E-state index contributed by atoms with van der Waals surface area (Å²) in [6.45, 7) is 2.21. The van der Waals surface area contributed by atoms with Crippen molar-refractivity contribution in [3.8, 4) is 0 Å². The molecule has 2 unspecified atom stereocenters. The van der Waals surface area contributed by atoms with Gasteiger partial charge in [0.15, 0.2) is 11.6 Å². The molecule has 0 aliphatic carbocycles. The van der Waals surface area contributed by atoms with Crippen molar-refractivity contribution in [3.63, 3.8) is 0 Å². The van der Waals surface area contributed by atoms with Crippen LogP contribution in [0.25, 0.3) is 0 Å². The van der Waals surface area contributed by atoms with E-state index in [-0.39, 0.29) is 42.7 Å². The lowest BCUT2D eigenvalue weighted by Gasteiger charge is -2.29. The van der Waals surface area contributed by atoms with Gasteiger partial charge in [-0.1, -0.05) is 6.07 Å². The summed E-state index contributed by atoms with van der Waals surface area (Å²) in [5.74, 6) is -4.01. The number of nitrogens with zero attached hydrogens (tertiary/aromatic N) is 2. The molecule has 1 aliphatic heterocycles. The first-order valence-electron chi connectivity index (χ1n) is 10.1. The van der Waals surface area contributed by atoms with Crippen molar-refractivity contribution in [1.29, 1.82) is 0 Å². The maximum atomic E-state index is 13.9. The predicted molar refractivity (Wildman–Crippen MR) is 108 cm³/mol. The summed E-state index contributed by atoms with van der Waals surface area (Å²) in [4.78, 5) is 31.5. The van der Waals surface area contributed by atoms with Gasteiger partial charge in [0.05, 0.1) is 0 Å². The summed E-state index contributed by atoms with van der Waals surface area (Å²) in [6.07, 6.45) is 2.13. The zero-order valence-corrected chi connectivity index (χ0v) is 17.2. The van der Waals surface area contributed by atoms with E-state index in [0.717, 1.165) is 6.07 Å². The van der Waals surface area contributed by atoms with Crippen LogP contribution in [-0.4, -0.2) is 46.4 Å². The van der Waals surface area contributed by atoms with Crippen molar-refractivity contribution in [3.05, 3.63) is 65.2 Å². The highest BCUT2D eigenvalue weighted by atomic mass is 19.2. The zero-order chi connectivity index (χ0) is 22.5. The number of carbonyl (C=O) groups excluding carboxylic acids is 2. The van der Waals surface area contributed by atoms with Crippen molar-refractivity contribution >= 4 is 11.8 Å². The van der Waals surface area contributed by atoms with Crippen molar-refractivity contribution in [2.24, 2.45) is 5.73 Å². The van der Waals surface area contributed by atoms with E-state index >= 15 is 0 Å². The summed E-state index contributed by atoms with van der Waals surface area (Å²) in [5.41, 5.74) is 6.59. The molecule has 1 aromatic heterocycles. The summed E-state index contributed by atoms with van der Waals surface area (Å²) in [7, 11) is 0. The Bertz CT molecular complexity index is 942. The second kappa shape index (κ2) is 9.91. The van der Waals surface area contributed by atoms with Gasteiger partial charge in [-0.3, -0.25) is 14.6 Å². The number of pyridine rings is 1. The second-order valence-corrected chi connectivity index (χ2v) is 7.85. The van der Waals surface area contributed by atoms with Crippen LogP contribution < -0.4 is 11.1 Å². The Morgan fingerprint density at radius 1 is 1.26 bits per heavy atom. The van der Waals surface area contributed by atoms with Crippen molar-refractivity contribution in [2.75, 3.05) is 6.54 Å². The second-order valence-electron chi connectivity index (χ2n) is 7.85. The van der Waals surface area contributed by atoms with E-state index in [9.17, 15) is 22.8 Å². The van der Waals surface area contributed by atoms with Gasteiger partial charge in [-0.25, -0.2) is 13.2 Å². The van der Waals surface area contributed by atoms with Gasteiger partial charge in [-0.15, -0.1) is 0 Å². The molecule has 1 aromatic carbocycles. The Morgan fingerprint density at radius 2 is 2.00 bits per heavy atom. The van der Waals surface area contributed by atoms with Gasteiger partial charge in [-0.05, 0) is 43.5 Å². The summed E-state index contributed by atoms with van der Waals surface area (Å²) in [6, 6.07) is 4.88. The molecule has 3 N–H and O–H groups in total. The lowest BCUT2D eigenvalue weighted by atomic mass is 10.0. The third-order valence-electron chi connectivity index (χ3n) is 5.33. The first-order chi connectivity index (χ1) is 14.7. The topological polar surface area (TPSA) is 88.3 Å². The smallest absolute Gasteiger partial charge is 0.243 e. The van der Waals surface area contributed by atoms with Crippen LogP contribution >= 0.6 is 0 Å². The molecule has 0 radical (unpaired) electrons. The van der Waals surface area contributed by atoms with Gasteiger partial charge in [0.1, 0.15) is 11.9 Å². The van der Waals surface area contributed by atoms with E-state index in [1.807, 2.05) is 6.92 Å². The number of hydrogen-bond donors (Lipinski definition) is 2. The van der Waals surface area contributed by atoms with E-state index in [2.05, 4.69) is 10.3 Å². The van der Waals surface area contributed by atoms with E-state index < -0.39 is 29.5 Å². The fraction of sp³-hybridized carbons (Fsp3) is 0.409. The molecule has 6 nitrogen and oxygen atoms in total. The normalized spacial score (nSPS) is 20.2. The average Bonchev–Trinajstić information content (AvgIpc) is 2.85. The van der Waals surface area contributed by atoms with Gasteiger partial charge in [0.2, 0.25) is 11.8 Å². The number of halogens is 3. The molecule has 31 heavy (non-hydrogen) atoms. The Morgan fingerprint density at radius 3 is 2.71 bits per heavy atom. The molecule has 166 valence electrons. The molecule has 0 spiro atoms. The van der Waals surface area contributed by atoms with E-state index in [1.165, 1.54) is 4.90 Å². The fourth-order valence-electron chi connectivity index (χ4n) is 3.68. The van der Waals surface area contributed by atoms with E-state index in [4.69, 9.17) is 5.73 Å². The summed E-state index contributed by atoms with van der Waals surface area (Å²) >= 11 is 0. The van der Waals surface area contributed by atoms with Crippen LogP contribution in [0.2, 0.25) is 0 Å². The highest BCUT2D eigenvalue weighted by Gasteiger charge is 2.34. The number of amides is 2.